The summed E-state index contributed by atoms with van der Waals surface area (Å²) in [6.07, 6.45) is 5.02. The fourth-order valence-corrected chi connectivity index (χ4v) is 2.27. The Morgan fingerprint density at radius 1 is 1.00 bits per heavy atom. The lowest BCUT2D eigenvalue weighted by atomic mass is 9.77. The molecule has 0 fully saturated rings. The summed E-state index contributed by atoms with van der Waals surface area (Å²) in [6, 6.07) is 0. The highest BCUT2D eigenvalue weighted by molar-refractivity contribution is 5.66. The smallest absolute Gasteiger partial charge is 0.303 e. The zero-order chi connectivity index (χ0) is 14.6. The van der Waals surface area contributed by atoms with Crippen LogP contribution in [0.4, 0.5) is 0 Å². The number of hydrogen-bond donors (Lipinski definition) is 1. The largest absolute Gasteiger partial charge is 0.481 e. The van der Waals surface area contributed by atoms with Crippen LogP contribution >= 0.6 is 0 Å². The summed E-state index contributed by atoms with van der Waals surface area (Å²) in [5.41, 5.74) is 0.0899. The molecule has 0 unspecified atom stereocenters. The second-order valence-corrected chi connectivity index (χ2v) is 5.31. The van der Waals surface area contributed by atoms with Gasteiger partial charge >= 0.3 is 5.97 Å². The van der Waals surface area contributed by atoms with Crippen molar-refractivity contribution in [2.75, 3.05) is 26.4 Å². The van der Waals surface area contributed by atoms with Gasteiger partial charge in [-0.15, -0.1) is 0 Å². The monoisotopic (exact) mass is 274 g/mol. The van der Waals surface area contributed by atoms with Crippen molar-refractivity contribution in [3.05, 3.63) is 0 Å². The molecule has 0 aromatic carbocycles. The van der Waals surface area contributed by atoms with E-state index in [1.807, 2.05) is 13.8 Å². The Morgan fingerprint density at radius 3 is 1.84 bits per heavy atom. The molecular formula is C15H30O4. The third-order valence-corrected chi connectivity index (χ3v) is 3.49. The van der Waals surface area contributed by atoms with Gasteiger partial charge in [-0.3, -0.25) is 4.79 Å². The second-order valence-electron chi connectivity index (χ2n) is 5.31. The Labute approximate surface area is 117 Å². The fourth-order valence-electron chi connectivity index (χ4n) is 2.27. The first kappa shape index (κ1) is 18.4. The van der Waals surface area contributed by atoms with Crippen molar-refractivity contribution in [1.82, 2.24) is 0 Å². The highest BCUT2D eigenvalue weighted by Gasteiger charge is 2.24. The lowest BCUT2D eigenvalue weighted by Crippen LogP contribution is -2.20. The number of rotatable bonds is 13. The fraction of sp³-hybridized carbons (Fsp3) is 0.933. The molecule has 0 aliphatic rings. The minimum Gasteiger partial charge on any atom is -0.481 e. The molecule has 0 atom stereocenters. The summed E-state index contributed by atoms with van der Waals surface area (Å²) >= 11 is 0. The zero-order valence-corrected chi connectivity index (χ0v) is 12.7. The van der Waals surface area contributed by atoms with Crippen LogP contribution in [0.25, 0.3) is 0 Å². The van der Waals surface area contributed by atoms with Crippen molar-refractivity contribution >= 4 is 5.97 Å². The summed E-state index contributed by atoms with van der Waals surface area (Å²) in [7, 11) is 0. The van der Waals surface area contributed by atoms with Crippen molar-refractivity contribution in [3.8, 4) is 0 Å². The van der Waals surface area contributed by atoms with Crippen LogP contribution in [-0.4, -0.2) is 37.5 Å². The molecule has 0 aliphatic heterocycles. The third kappa shape index (κ3) is 11.0. The van der Waals surface area contributed by atoms with Crippen LogP contribution in [0.15, 0.2) is 0 Å². The van der Waals surface area contributed by atoms with Crippen LogP contribution in [-0.2, 0) is 14.3 Å². The van der Waals surface area contributed by atoms with Gasteiger partial charge in [0, 0.05) is 32.8 Å². The molecule has 0 aromatic heterocycles. The summed E-state index contributed by atoms with van der Waals surface area (Å²) in [5.74, 6) is -0.708. The zero-order valence-electron chi connectivity index (χ0n) is 12.7. The third-order valence-electron chi connectivity index (χ3n) is 3.49. The molecule has 0 saturated heterocycles. The van der Waals surface area contributed by atoms with E-state index in [1.165, 1.54) is 0 Å². The van der Waals surface area contributed by atoms with Gasteiger partial charge in [-0.1, -0.05) is 6.92 Å². The lowest BCUT2D eigenvalue weighted by Gasteiger charge is -2.29. The van der Waals surface area contributed by atoms with Crippen molar-refractivity contribution in [2.24, 2.45) is 5.41 Å². The van der Waals surface area contributed by atoms with Crippen molar-refractivity contribution in [3.63, 3.8) is 0 Å². The Balaban J connectivity index is 4.07. The normalized spacial score (nSPS) is 11.7. The SMILES string of the molecule is CCOCCCC(C)(CCCOCC)CCC(=O)O. The molecule has 0 bridgehead atoms. The van der Waals surface area contributed by atoms with Crippen LogP contribution in [0.5, 0.6) is 0 Å². The van der Waals surface area contributed by atoms with Crippen LogP contribution < -0.4 is 0 Å². The average molecular weight is 274 g/mol. The van der Waals surface area contributed by atoms with Gasteiger partial charge in [-0.05, 0) is 51.4 Å². The van der Waals surface area contributed by atoms with Gasteiger partial charge in [-0.25, -0.2) is 0 Å². The van der Waals surface area contributed by atoms with E-state index < -0.39 is 5.97 Å². The Morgan fingerprint density at radius 2 is 1.47 bits per heavy atom. The van der Waals surface area contributed by atoms with E-state index in [1.54, 1.807) is 0 Å². The van der Waals surface area contributed by atoms with E-state index in [4.69, 9.17) is 14.6 Å². The molecule has 0 rings (SSSR count). The number of aliphatic carboxylic acids is 1. The van der Waals surface area contributed by atoms with Gasteiger partial charge < -0.3 is 14.6 Å². The molecule has 0 aromatic rings. The predicted molar refractivity (Wildman–Crippen MR) is 76.4 cm³/mol. The van der Waals surface area contributed by atoms with Crippen molar-refractivity contribution < 1.29 is 19.4 Å². The topological polar surface area (TPSA) is 55.8 Å². The van der Waals surface area contributed by atoms with Crippen LogP contribution in [0.2, 0.25) is 0 Å². The number of carboxylic acid groups (broad SMARTS) is 1. The molecule has 1 N–H and O–H groups in total. The first-order valence-electron chi connectivity index (χ1n) is 7.41. The standard InChI is InChI=1S/C15H30O4/c1-4-18-12-6-9-15(3,11-8-14(16)17)10-7-13-19-5-2/h4-13H2,1-3H3,(H,16,17). The molecule has 0 amide bonds. The highest BCUT2D eigenvalue weighted by atomic mass is 16.5. The quantitative estimate of drug-likeness (QED) is 0.522. The number of carboxylic acids is 1. The Kier molecular flexibility index (Phi) is 10.9. The van der Waals surface area contributed by atoms with Crippen LogP contribution in [0.3, 0.4) is 0 Å². The van der Waals surface area contributed by atoms with E-state index in [0.717, 1.165) is 58.5 Å². The minimum atomic E-state index is -0.708. The number of carbonyl (C=O) groups is 1. The highest BCUT2D eigenvalue weighted by Crippen LogP contribution is 2.34. The molecule has 0 aliphatic carbocycles. The molecule has 0 radical (unpaired) electrons. The lowest BCUT2D eigenvalue weighted by molar-refractivity contribution is -0.137. The van der Waals surface area contributed by atoms with Gasteiger partial charge in [0.15, 0.2) is 0 Å². The summed E-state index contributed by atoms with van der Waals surface area (Å²) in [4.78, 5) is 10.7. The van der Waals surface area contributed by atoms with E-state index in [2.05, 4.69) is 6.92 Å². The molecule has 114 valence electrons. The van der Waals surface area contributed by atoms with E-state index in [0.29, 0.717) is 0 Å². The molecule has 0 spiro atoms. The molecular weight excluding hydrogens is 244 g/mol. The van der Waals surface area contributed by atoms with Gasteiger partial charge in [-0.2, -0.15) is 0 Å². The van der Waals surface area contributed by atoms with E-state index >= 15 is 0 Å². The Hall–Kier alpha value is -0.610. The molecule has 0 heterocycles. The Bertz CT molecular complexity index is 216. The van der Waals surface area contributed by atoms with Crippen molar-refractivity contribution in [1.29, 1.82) is 0 Å². The van der Waals surface area contributed by atoms with E-state index in [9.17, 15) is 4.79 Å². The first-order chi connectivity index (χ1) is 9.04. The molecule has 4 nitrogen and oxygen atoms in total. The summed E-state index contributed by atoms with van der Waals surface area (Å²) in [6.45, 7) is 9.20. The number of hydrogen-bond acceptors (Lipinski definition) is 3. The molecule has 19 heavy (non-hydrogen) atoms. The minimum absolute atomic E-state index is 0.0899. The van der Waals surface area contributed by atoms with Gasteiger partial charge in [0.25, 0.3) is 0 Å². The maximum Gasteiger partial charge on any atom is 0.303 e. The summed E-state index contributed by atoms with van der Waals surface area (Å²) < 4.78 is 10.7. The van der Waals surface area contributed by atoms with E-state index in [-0.39, 0.29) is 11.8 Å². The van der Waals surface area contributed by atoms with Gasteiger partial charge in [0.1, 0.15) is 0 Å². The second kappa shape index (κ2) is 11.2. The van der Waals surface area contributed by atoms with Gasteiger partial charge in [0.05, 0.1) is 0 Å². The van der Waals surface area contributed by atoms with Crippen LogP contribution in [0.1, 0.15) is 59.3 Å². The van der Waals surface area contributed by atoms with Gasteiger partial charge in [0.2, 0.25) is 0 Å². The van der Waals surface area contributed by atoms with Crippen LogP contribution in [0, 0.1) is 5.41 Å². The number of ether oxygens (including phenoxy) is 2. The molecule has 0 saturated carbocycles. The maximum atomic E-state index is 10.7. The predicted octanol–water partition coefficient (Wildman–Crippen LogP) is 3.49. The van der Waals surface area contributed by atoms with Crippen molar-refractivity contribution in [2.45, 2.75) is 59.3 Å². The summed E-state index contributed by atoms with van der Waals surface area (Å²) in [5, 5.41) is 8.85. The maximum absolute atomic E-state index is 10.7. The molecule has 4 heteroatoms. The first-order valence-corrected chi connectivity index (χ1v) is 7.41. The average Bonchev–Trinajstić information content (AvgIpc) is 2.38.